The van der Waals surface area contributed by atoms with Crippen LogP contribution in [-0.4, -0.2) is 30.4 Å². The highest BCUT2D eigenvalue weighted by atomic mass is 32.2. The standard InChI is InChI=1S/C17H18N4O5S/c1-10-8-13(5-7-16(10)21(22)23)27(24,25)20-11(2)17-18-14-6-4-12(26-3)9-15(14)19-17/h4-9,11,20H,1-3H3,(H,18,19)/t11-/m1/s1. The average Bonchev–Trinajstić information content (AvgIpc) is 3.04. The lowest BCUT2D eigenvalue weighted by Gasteiger charge is -2.12. The van der Waals surface area contributed by atoms with Crippen LogP contribution in [0.15, 0.2) is 41.3 Å². The minimum Gasteiger partial charge on any atom is -0.497 e. The molecule has 3 aromatic rings. The van der Waals surface area contributed by atoms with Crippen LogP contribution in [0.4, 0.5) is 5.69 Å². The molecule has 142 valence electrons. The first kappa shape index (κ1) is 18.8. The van der Waals surface area contributed by atoms with Crippen LogP contribution in [0.2, 0.25) is 0 Å². The number of hydrogen-bond donors (Lipinski definition) is 2. The Labute approximate surface area is 155 Å². The molecule has 0 amide bonds. The number of benzene rings is 2. The van der Waals surface area contributed by atoms with Crippen LogP contribution < -0.4 is 9.46 Å². The lowest BCUT2D eigenvalue weighted by atomic mass is 10.2. The van der Waals surface area contributed by atoms with Gasteiger partial charge >= 0.3 is 0 Å². The third kappa shape index (κ3) is 3.76. The smallest absolute Gasteiger partial charge is 0.272 e. The maximum atomic E-state index is 12.6. The Kier molecular flexibility index (Phi) is 4.85. The van der Waals surface area contributed by atoms with Gasteiger partial charge in [0, 0.05) is 17.7 Å². The highest BCUT2D eigenvalue weighted by Crippen LogP contribution is 2.24. The summed E-state index contributed by atoms with van der Waals surface area (Å²) in [5.74, 6) is 1.10. The number of nitrogens with zero attached hydrogens (tertiary/aromatic N) is 2. The van der Waals surface area contributed by atoms with Gasteiger partial charge in [-0.05, 0) is 38.1 Å². The molecule has 0 saturated carbocycles. The molecule has 0 bridgehead atoms. The van der Waals surface area contributed by atoms with Crippen molar-refractivity contribution < 1.29 is 18.1 Å². The zero-order valence-corrected chi connectivity index (χ0v) is 15.7. The second-order valence-corrected chi connectivity index (χ2v) is 7.77. The van der Waals surface area contributed by atoms with E-state index < -0.39 is 21.0 Å². The van der Waals surface area contributed by atoms with Crippen LogP contribution in [0.1, 0.15) is 24.4 Å². The first-order valence-electron chi connectivity index (χ1n) is 8.02. The molecule has 2 aromatic carbocycles. The first-order chi connectivity index (χ1) is 12.7. The van der Waals surface area contributed by atoms with Crippen molar-refractivity contribution in [2.24, 2.45) is 0 Å². The minimum atomic E-state index is -3.88. The summed E-state index contributed by atoms with van der Waals surface area (Å²) in [4.78, 5) is 17.8. The van der Waals surface area contributed by atoms with Gasteiger partial charge in [-0.1, -0.05) is 0 Å². The van der Waals surface area contributed by atoms with E-state index in [1.165, 1.54) is 25.1 Å². The van der Waals surface area contributed by atoms with Crippen molar-refractivity contribution in [1.82, 2.24) is 14.7 Å². The molecule has 1 atom stereocenters. The van der Waals surface area contributed by atoms with Crippen LogP contribution >= 0.6 is 0 Å². The third-order valence-electron chi connectivity index (χ3n) is 4.12. The summed E-state index contributed by atoms with van der Waals surface area (Å²) < 4.78 is 32.9. The van der Waals surface area contributed by atoms with Gasteiger partial charge in [0.1, 0.15) is 11.6 Å². The third-order valence-corrected chi connectivity index (χ3v) is 5.66. The van der Waals surface area contributed by atoms with Crippen molar-refractivity contribution in [2.75, 3.05) is 7.11 Å². The first-order valence-corrected chi connectivity index (χ1v) is 9.50. The number of aromatic nitrogens is 2. The Hall–Kier alpha value is -2.98. The van der Waals surface area contributed by atoms with E-state index in [0.717, 1.165) is 5.52 Å². The van der Waals surface area contributed by atoms with Crippen molar-refractivity contribution in [2.45, 2.75) is 24.8 Å². The van der Waals surface area contributed by atoms with Gasteiger partial charge in [0.05, 0.1) is 34.0 Å². The molecular weight excluding hydrogens is 372 g/mol. The molecule has 0 unspecified atom stereocenters. The fourth-order valence-corrected chi connectivity index (χ4v) is 3.99. The Morgan fingerprint density at radius 1 is 1.26 bits per heavy atom. The number of hydrogen-bond acceptors (Lipinski definition) is 6. The maximum absolute atomic E-state index is 12.6. The summed E-state index contributed by atoms with van der Waals surface area (Å²) in [6.07, 6.45) is 0. The van der Waals surface area contributed by atoms with Crippen LogP contribution in [0.25, 0.3) is 11.0 Å². The highest BCUT2D eigenvalue weighted by Gasteiger charge is 2.22. The van der Waals surface area contributed by atoms with Gasteiger partial charge in [-0.15, -0.1) is 0 Å². The number of H-pyrrole nitrogens is 1. The van der Waals surface area contributed by atoms with Crippen molar-refractivity contribution in [1.29, 1.82) is 0 Å². The average molecular weight is 390 g/mol. The number of fused-ring (bicyclic) bond motifs is 1. The molecule has 0 aliphatic carbocycles. The topological polar surface area (TPSA) is 127 Å². The van der Waals surface area contributed by atoms with Gasteiger partial charge in [0.25, 0.3) is 5.69 Å². The quantitative estimate of drug-likeness (QED) is 0.492. The van der Waals surface area contributed by atoms with Crippen molar-refractivity contribution in [3.63, 3.8) is 0 Å². The SMILES string of the molecule is COc1ccc2nc([C@@H](C)NS(=O)(=O)c3ccc([N+](=O)[O-])c(C)c3)[nH]c2c1. The van der Waals surface area contributed by atoms with Gasteiger partial charge < -0.3 is 9.72 Å². The van der Waals surface area contributed by atoms with E-state index in [2.05, 4.69) is 14.7 Å². The van der Waals surface area contributed by atoms with Crippen molar-refractivity contribution >= 4 is 26.7 Å². The molecule has 9 nitrogen and oxygen atoms in total. The van der Waals surface area contributed by atoms with Crippen molar-refractivity contribution in [3.05, 3.63) is 57.9 Å². The van der Waals surface area contributed by atoms with Crippen LogP contribution in [-0.2, 0) is 10.0 Å². The molecule has 0 saturated heterocycles. The lowest BCUT2D eigenvalue weighted by Crippen LogP contribution is -2.27. The highest BCUT2D eigenvalue weighted by molar-refractivity contribution is 7.89. The van der Waals surface area contributed by atoms with Gasteiger partial charge in [-0.25, -0.2) is 18.1 Å². The van der Waals surface area contributed by atoms with E-state index in [-0.39, 0.29) is 16.1 Å². The molecule has 0 aliphatic heterocycles. The summed E-state index contributed by atoms with van der Waals surface area (Å²) in [5.41, 5.74) is 1.55. The van der Waals surface area contributed by atoms with Crippen molar-refractivity contribution in [3.8, 4) is 5.75 Å². The normalized spacial score (nSPS) is 12.9. The number of imidazole rings is 1. The monoisotopic (exact) mass is 390 g/mol. The van der Waals surface area contributed by atoms with Gasteiger partial charge in [-0.3, -0.25) is 10.1 Å². The second kappa shape index (κ2) is 6.97. The van der Waals surface area contributed by atoms with E-state index in [9.17, 15) is 18.5 Å². The zero-order chi connectivity index (χ0) is 19.8. The molecular formula is C17H18N4O5S. The molecule has 1 aromatic heterocycles. The summed E-state index contributed by atoms with van der Waals surface area (Å²) >= 11 is 0. The Morgan fingerprint density at radius 3 is 2.63 bits per heavy atom. The molecule has 0 aliphatic rings. The number of ether oxygens (including phenoxy) is 1. The Morgan fingerprint density at radius 2 is 2.00 bits per heavy atom. The Bertz CT molecular complexity index is 1120. The molecule has 2 N–H and O–H groups in total. The van der Waals surface area contributed by atoms with Crippen LogP contribution in [0.5, 0.6) is 5.75 Å². The van der Waals surface area contributed by atoms with E-state index in [1.807, 2.05) is 0 Å². The minimum absolute atomic E-state index is 0.0461. The van der Waals surface area contributed by atoms with E-state index in [1.54, 1.807) is 32.2 Å². The number of nitro groups is 1. The maximum Gasteiger partial charge on any atom is 0.272 e. The number of sulfonamides is 1. The van der Waals surface area contributed by atoms with Gasteiger partial charge in [0.15, 0.2) is 0 Å². The number of aromatic amines is 1. The molecule has 1 heterocycles. The fourth-order valence-electron chi connectivity index (χ4n) is 2.70. The van der Waals surface area contributed by atoms with Crippen LogP contribution in [0.3, 0.4) is 0 Å². The number of nitro benzene ring substituents is 1. The fraction of sp³-hybridized carbons (Fsp3) is 0.235. The van der Waals surface area contributed by atoms with Crippen LogP contribution in [0, 0.1) is 17.0 Å². The molecule has 3 rings (SSSR count). The predicted molar refractivity (Wildman–Crippen MR) is 99.2 cm³/mol. The molecule has 0 radical (unpaired) electrons. The number of methoxy groups -OCH3 is 1. The molecule has 10 heteroatoms. The van der Waals surface area contributed by atoms with E-state index in [0.29, 0.717) is 17.1 Å². The van der Waals surface area contributed by atoms with E-state index in [4.69, 9.17) is 4.74 Å². The molecule has 0 spiro atoms. The molecule has 0 fully saturated rings. The van der Waals surface area contributed by atoms with Gasteiger partial charge in [0.2, 0.25) is 10.0 Å². The second-order valence-electron chi connectivity index (χ2n) is 6.05. The lowest BCUT2D eigenvalue weighted by molar-refractivity contribution is -0.385. The predicted octanol–water partition coefficient (Wildman–Crippen LogP) is 2.83. The summed E-state index contributed by atoms with van der Waals surface area (Å²) in [6.45, 7) is 3.15. The largest absolute Gasteiger partial charge is 0.497 e. The number of aryl methyl sites for hydroxylation is 1. The summed E-state index contributed by atoms with van der Waals surface area (Å²) in [6, 6.07) is 8.34. The summed E-state index contributed by atoms with van der Waals surface area (Å²) in [5, 5.41) is 10.9. The summed E-state index contributed by atoms with van der Waals surface area (Å²) in [7, 11) is -2.32. The van der Waals surface area contributed by atoms with E-state index >= 15 is 0 Å². The van der Waals surface area contributed by atoms with Gasteiger partial charge in [-0.2, -0.15) is 0 Å². The molecule has 27 heavy (non-hydrogen) atoms. The Balaban J connectivity index is 1.87. The number of rotatable bonds is 6. The number of nitrogens with one attached hydrogen (secondary N) is 2. The zero-order valence-electron chi connectivity index (χ0n) is 14.9.